The standard InChI is InChI=1S/C15H21NO2/c1-11(13-6-4-3-5-7-13)8-16-9-14(10-16)12(2)15(17)18/h3-7,11-12,14H,8-10H2,1-2H3,(H,17,18). The van der Waals surface area contributed by atoms with Crippen LogP contribution in [0, 0.1) is 11.8 Å². The van der Waals surface area contributed by atoms with Gasteiger partial charge in [-0.3, -0.25) is 4.79 Å². The number of hydrogen-bond donors (Lipinski definition) is 1. The molecule has 0 aromatic heterocycles. The Balaban J connectivity index is 1.79. The number of likely N-dealkylation sites (tertiary alicyclic amines) is 1. The van der Waals surface area contributed by atoms with Gasteiger partial charge in [0.05, 0.1) is 5.92 Å². The van der Waals surface area contributed by atoms with Crippen molar-refractivity contribution < 1.29 is 9.90 Å². The second-order valence-electron chi connectivity index (χ2n) is 5.42. The molecule has 2 rings (SSSR count). The van der Waals surface area contributed by atoms with Crippen LogP contribution in [0.25, 0.3) is 0 Å². The molecule has 2 atom stereocenters. The molecule has 0 radical (unpaired) electrons. The minimum atomic E-state index is -0.671. The van der Waals surface area contributed by atoms with E-state index in [0.717, 1.165) is 19.6 Å². The lowest BCUT2D eigenvalue weighted by atomic mass is 9.86. The zero-order valence-corrected chi connectivity index (χ0v) is 11.0. The normalized spacial score (nSPS) is 20.1. The summed E-state index contributed by atoms with van der Waals surface area (Å²) >= 11 is 0. The van der Waals surface area contributed by atoms with Crippen LogP contribution in [0.3, 0.4) is 0 Å². The molecule has 1 aliphatic heterocycles. The van der Waals surface area contributed by atoms with Crippen LogP contribution in [0.15, 0.2) is 30.3 Å². The van der Waals surface area contributed by atoms with E-state index in [1.165, 1.54) is 5.56 Å². The van der Waals surface area contributed by atoms with Gasteiger partial charge in [-0.05, 0) is 17.4 Å². The van der Waals surface area contributed by atoms with Crippen LogP contribution in [-0.4, -0.2) is 35.6 Å². The third-order valence-corrected chi connectivity index (χ3v) is 3.98. The fourth-order valence-electron chi connectivity index (χ4n) is 2.55. The van der Waals surface area contributed by atoms with Crippen LogP contribution < -0.4 is 0 Å². The van der Waals surface area contributed by atoms with E-state index in [9.17, 15) is 4.79 Å². The predicted molar refractivity (Wildman–Crippen MR) is 71.6 cm³/mol. The maximum Gasteiger partial charge on any atom is 0.306 e. The highest BCUT2D eigenvalue weighted by Crippen LogP contribution is 2.27. The second-order valence-corrected chi connectivity index (χ2v) is 5.42. The van der Waals surface area contributed by atoms with Gasteiger partial charge in [0, 0.05) is 19.6 Å². The van der Waals surface area contributed by atoms with Gasteiger partial charge in [-0.15, -0.1) is 0 Å². The molecule has 1 aromatic carbocycles. The molecule has 1 aliphatic rings. The van der Waals surface area contributed by atoms with E-state index >= 15 is 0 Å². The summed E-state index contributed by atoms with van der Waals surface area (Å²) in [6.45, 7) is 6.90. The van der Waals surface area contributed by atoms with Crippen molar-refractivity contribution >= 4 is 5.97 Å². The summed E-state index contributed by atoms with van der Waals surface area (Å²) in [7, 11) is 0. The SMILES string of the molecule is CC(CN1CC(C(C)C(=O)O)C1)c1ccccc1. The van der Waals surface area contributed by atoms with Gasteiger partial charge < -0.3 is 10.0 Å². The summed E-state index contributed by atoms with van der Waals surface area (Å²) in [5.74, 6) is -0.0539. The Labute approximate surface area is 108 Å². The highest BCUT2D eigenvalue weighted by Gasteiger charge is 2.34. The molecule has 0 amide bonds. The number of carbonyl (C=O) groups is 1. The molecule has 0 saturated carbocycles. The summed E-state index contributed by atoms with van der Waals surface area (Å²) in [4.78, 5) is 13.2. The van der Waals surface area contributed by atoms with Gasteiger partial charge in [0.2, 0.25) is 0 Å². The lowest BCUT2D eigenvalue weighted by Gasteiger charge is -2.42. The highest BCUT2D eigenvalue weighted by molar-refractivity contribution is 5.70. The molecule has 1 fully saturated rings. The van der Waals surface area contributed by atoms with Crippen molar-refractivity contribution in [2.24, 2.45) is 11.8 Å². The van der Waals surface area contributed by atoms with E-state index in [4.69, 9.17) is 5.11 Å². The van der Waals surface area contributed by atoms with Crippen LogP contribution in [0.5, 0.6) is 0 Å². The van der Waals surface area contributed by atoms with Gasteiger partial charge in [-0.2, -0.15) is 0 Å². The molecule has 2 unspecified atom stereocenters. The minimum absolute atomic E-state index is 0.215. The third kappa shape index (κ3) is 2.91. The lowest BCUT2D eigenvalue weighted by molar-refractivity contribution is -0.145. The predicted octanol–water partition coefficient (Wildman–Crippen LogP) is 2.44. The quantitative estimate of drug-likeness (QED) is 0.868. The summed E-state index contributed by atoms with van der Waals surface area (Å²) in [5.41, 5.74) is 1.35. The highest BCUT2D eigenvalue weighted by atomic mass is 16.4. The van der Waals surface area contributed by atoms with Crippen molar-refractivity contribution in [2.45, 2.75) is 19.8 Å². The lowest BCUT2D eigenvalue weighted by Crippen LogP contribution is -2.51. The van der Waals surface area contributed by atoms with Gasteiger partial charge in [0.25, 0.3) is 0 Å². The van der Waals surface area contributed by atoms with E-state index in [-0.39, 0.29) is 5.92 Å². The Bertz CT molecular complexity index is 398. The first-order chi connectivity index (χ1) is 8.58. The maximum atomic E-state index is 10.9. The number of rotatable bonds is 5. The molecule has 0 bridgehead atoms. The smallest absolute Gasteiger partial charge is 0.306 e. The van der Waals surface area contributed by atoms with Crippen molar-refractivity contribution in [2.75, 3.05) is 19.6 Å². The van der Waals surface area contributed by atoms with Crippen molar-refractivity contribution in [3.8, 4) is 0 Å². The first kappa shape index (κ1) is 13.1. The fraction of sp³-hybridized carbons (Fsp3) is 0.533. The van der Waals surface area contributed by atoms with Crippen LogP contribution in [0.2, 0.25) is 0 Å². The minimum Gasteiger partial charge on any atom is -0.481 e. The van der Waals surface area contributed by atoms with Crippen LogP contribution in [0.4, 0.5) is 0 Å². The molecule has 3 nitrogen and oxygen atoms in total. The number of nitrogens with zero attached hydrogens (tertiary/aromatic N) is 1. The molecule has 1 aromatic rings. The molecule has 1 saturated heterocycles. The number of carboxylic acid groups (broad SMARTS) is 1. The molecular formula is C15H21NO2. The Morgan fingerprint density at radius 3 is 2.50 bits per heavy atom. The Kier molecular flexibility index (Phi) is 4.02. The van der Waals surface area contributed by atoms with Gasteiger partial charge in [-0.25, -0.2) is 0 Å². The van der Waals surface area contributed by atoms with E-state index in [0.29, 0.717) is 11.8 Å². The van der Waals surface area contributed by atoms with Crippen molar-refractivity contribution in [1.82, 2.24) is 4.90 Å². The van der Waals surface area contributed by atoms with E-state index < -0.39 is 5.97 Å². The van der Waals surface area contributed by atoms with Crippen molar-refractivity contribution in [3.63, 3.8) is 0 Å². The number of aliphatic carboxylic acids is 1. The van der Waals surface area contributed by atoms with Crippen LogP contribution in [-0.2, 0) is 4.79 Å². The van der Waals surface area contributed by atoms with Gasteiger partial charge in [0.15, 0.2) is 0 Å². The number of benzene rings is 1. The number of hydrogen-bond acceptors (Lipinski definition) is 2. The molecule has 18 heavy (non-hydrogen) atoms. The molecule has 98 valence electrons. The van der Waals surface area contributed by atoms with Gasteiger partial charge >= 0.3 is 5.97 Å². The van der Waals surface area contributed by atoms with Crippen molar-refractivity contribution in [3.05, 3.63) is 35.9 Å². The molecule has 1 heterocycles. The third-order valence-electron chi connectivity index (χ3n) is 3.98. The average Bonchev–Trinajstić information content (AvgIpc) is 2.33. The average molecular weight is 247 g/mol. The zero-order chi connectivity index (χ0) is 13.1. The molecule has 1 N–H and O–H groups in total. The summed E-state index contributed by atoms with van der Waals surface area (Å²) < 4.78 is 0. The van der Waals surface area contributed by atoms with Crippen molar-refractivity contribution in [1.29, 1.82) is 0 Å². The van der Waals surface area contributed by atoms with Gasteiger partial charge in [0.1, 0.15) is 0 Å². The molecular weight excluding hydrogens is 226 g/mol. The largest absolute Gasteiger partial charge is 0.481 e. The Morgan fingerprint density at radius 2 is 1.94 bits per heavy atom. The Hall–Kier alpha value is -1.35. The first-order valence-electron chi connectivity index (χ1n) is 6.58. The molecule has 0 aliphatic carbocycles. The fourth-order valence-corrected chi connectivity index (χ4v) is 2.55. The summed E-state index contributed by atoms with van der Waals surface area (Å²) in [5, 5.41) is 8.95. The monoisotopic (exact) mass is 247 g/mol. The van der Waals surface area contributed by atoms with E-state index in [1.54, 1.807) is 0 Å². The zero-order valence-electron chi connectivity index (χ0n) is 11.0. The van der Waals surface area contributed by atoms with E-state index in [1.807, 2.05) is 13.0 Å². The number of carboxylic acids is 1. The Morgan fingerprint density at radius 1 is 1.33 bits per heavy atom. The maximum absolute atomic E-state index is 10.9. The second kappa shape index (κ2) is 5.53. The summed E-state index contributed by atoms with van der Waals surface area (Å²) in [6, 6.07) is 10.5. The summed E-state index contributed by atoms with van der Waals surface area (Å²) in [6.07, 6.45) is 0. The molecule has 0 spiro atoms. The van der Waals surface area contributed by atoms with Crippen LogP contribution in [0.1, 0.15) is 25.3 Å². The molecule has 3 heteroatoms. The topological polar surface area (TPSA) is 40.5 Å². The first-order valence-corrected chi connectivity index (χ1v) is 6.58. The van der Waals surface area contributed by atoms with Crippen LogP contribution >= 0.6 is 0 Å². The van der Waals surface area contributed by atoms with E-state index in [2.05, 4.69) is 36.1 Å². The van der Waals surface area contributed by atoms with Gasteiger partial charge in [-0.1, -0.05) is 44.2 Å².